The highest BCUT2D eigenvalue weighted by molar-refractivity contribution is 6.30. The minimum Gasteiger partial charge on any atom is -0.476 e. The molecule has 0 aliphatic rings. The molecule has 2 aromatic rings. The number of carbonyl (C=O) groups is 1. The summed E-state index contributed by atoms with van der Waals surface area (Å²) in [5, 5.41) is 12.9. The highest BCUT2D eigenvalue weighted by Crippen LogP contribution is 2.26. The van der Waals surface area contributed by atoms with Crippen molar-refractivity contribution >= 4 is 28.9 Å². The molecule has 0 aliphatic carbocycles. The molecule has 110 valence electrons. The monoisotopic (exact) mass is 305 g/mol. The van der Waals surface area contributed by atoms with Crippen LogP contribution in [0.1, 0.15) is 41.6 Å². The van der Waals surface area contributed by atoms with Gasteiger partial charge in [0.25, 0.3) is 0 Å². The molecular weight excluding hydrogens is 290 g/mol. The van der Waals surface area contributed by atoms with Crippen molar-refractivity contribution in [3.05, 3.63) is 46.5 Å². The van der Waals surface area contributed by atoms with Gasteiger partial charge in [-0.05, 0) is 24.6 Å². The van der Waals surface area contributed by atoms with Crippen molar-refractivity contribution in [2.45, 2.75) is 26.7 Å². The minimum atomic E-state index is -1.10. The molecule has 0 aliphatic heterocycles. The van der Waals surface area contributed by atoms with E-state index in [1.54, 1.807) is 12.1 Å². The second kappa shape index (κ2) is 6.10. The number of carboxylic acids is 1. The van der Waals surface area contributed by atoms with Crippen molar-refractivity contribution in [3.63, 3.8) is 0 Å². The molecule has 0 saturated heterocycles. The van der Waals surface area contributed by atoms with Crippen LogP contribution in [0, 0.1) is 6.92 Å². The summed E-state index contributed by atoms with van der Waals surface area (Å²) < 4.78 is 0. The van der Waals surface area contributed by atoms with Crippen LogP contribution in [-0.4, -0.2) is 21.0 Å². The van der Waals surface area contributed by atoms with Crippen LogP contribution in [0.3, 0.4) is 0 Å². The van der Waals surface area contributed by atoms with Crippen molar-refractivity contribution < 1.29 is 9.90 Å². The number of carboxylic acid groups (broad SMARTS) is 1. The van der Waals surface area contributed by atoms with Gasteiger partial charge in [0.1, 0.15) is 5.82 Å². The quantitative estimate of drug-likeness (QED) is 0.893. The molecule has 21 heavy (non-hydrogen) atoms. The molecule has 2 N–H and O–H groups in total. The first-order valence-electron chi connectivity index (χ1n) is 6.52. The van der Waals surface area contributed by atoms with E-state index in [2.05, 4.69) is 15.3 Å². The molecule has 6 heteroatoms. The number of nitrogens with zero attached hydrogens (tertiary/aromatic N) is 2. The molecule has 0 fully saturated rings. The summed E-state index contributed by atoms with van der Waals surface area (Å²) in [6.45, 7) is 5.73. The average Bonchev–Trinajstić information content (AvgIpc) is 2.42. The number of hydrogen-bond donors (Lipinski definition) is 2. The summed E-state index contributed by atoms with van der Waals surface area (Å²) in [6, 6.07) is 5.37. The zero-order valence-corrected chi connectivity index (χ0v) is 12.8. The summed E-state index contributed by atoms with van der Waals surface area (Å²) >= 11 is 5.96. The molecular formula is C15H16ClN3O2. The molecule has 5 nitrogen and oxygen atoms in total. The fourth-order valence-corrected chi connectivity index (χ4v) is 1.97. The van der Waals surface area contributed by atoms with E-state index < -0.39 is 5.97 Å². The van der Waals surface area contributed by atoms with Crippen molar-refractivity contribution in [1.82, 2.24) is 9.97 Å². The molecule has 1 heterocycles. The number of aryl methyl sites for hydroxylation is 1. The van der Waals surface area contributed by atoms with Crippen LogP contribution < -0.4 is 5.32 Å². The van der Waals surface area contributed by atoms with Gasteiger partial charge in [0.15, 0.2) is 5.69 Å². The first-order valence-corrected chi connectivity index (χ1v) is 6.89. The Bertz CT molecular complexity index is 687. The maximum atomic E-state index is 11.4. The average molecular weight is 306 g/mol. The second-order valence-corrected chi connectivity index (χ2v) is 5.47. The van der Waals surface area contributed by atoms with Crippen LogP contribution in [0.4, 0.5) is 11.4 Å². The van der Waals surface area contributed by atoms with Crippen LogP contribution in [0.15, 0.2) is 24.4 Å². The number of benzene rings is 1. The highest BCUT2D eigenvalue weighted by Gasteiger charge is 2.16. The molecule has 0 bridgehead atoms. The van der Waals surface area contributed by atoms with E-state index in [0.29, 0.717) is 16.5 Å². The fraction of sp³-hybridized carbons (Fsp3) is 0.267. The van der Waals surface area contributed by atoms with E-state index in [4.69, 9.17) is 11.6 Å². The van der Waals surface area contributed by atoms with Crippen molar-refractivity contribution in [2.24, 2.45) is 0 Å². The van der Waals surface area contributed by atoms with Gasteiger partial charge in [-0.3, -0.25) is 0 Å². The molecule has 0 saturated carbocycles. The molecule has 0 radical (unpaired) electrons. The van der Waals surface area contributed by atoms with Gasteiger partial charge in [-0.2, -0.15) is 0 Å². The summed E-state index contributed by atoms with van der Waals surface area (Å²) in [7, 11) is 0. The Labute approximate surface area is 128 Å². The van der Waals surface area contributed by atoms with Crippen LogP contribution >= 0.6 is 11.6 Å². The number of nitrogens with one attached hydrogen (secondary N) is 1. The fourth-order valence-electron chi connectivity index (χ4n) is 1.80. The van der Waals surface area contributed by atoms with Crippen molar-refractivity contribution in [2.75, 3.05) is 5.32 Å². The topological polar surface area (TPSA) is 75.1 Å². The van der Waals surface area contributed by atoms with Crippen LogP contribution in [0.25, 0.3) is 0 Å². The van der Waals surface area contributed by atoms with Gasteiger partial charge in [0.2, 0.25) is 0 Å². The van der Waals surface area contributed by atoms with Gasteiger partial charge >= 0.3 is 5.97 Å². The van der Waals surface area contributed by atoms with Crippen LogP contribution in [0.5, 0.6) is 0 Å². The Balaban J connectivity index is 2.44. The molecule has 1 aromatic heterocycles. The summed E-state index contributed by atoms with van der Waals surface area (Å²) in [5.41, 5.74) is 1.97. The number of hydrogen-bond acceptors (Lipinski definition) is 4. The van der Waals surface area contributed by atoms with Crippen LogP contribution in [-0.2, 0) is 0 Å². The van der Waals surface area contributed by atoms with E-state index >= 15 is 0 Å². The Kier molecular flexibility index (Phi) is 4.43. The lowest BCUT2D eigenvalue weighted by atomic mass is 10.2. The van der Waals surface area contributed by atoms with Gasteiger partial charge in [-0.1, -0.05) is 31.5 Å². The van der Waals surface area contributed by atoms with Crippen LogP contribution in [0.2, 0.25) is 5.02 Å². The maximum absolute atomic E-state index is 11.4. The third-order valence-corrected chi connectivity index (χ3v) is 3.23. The first-order chi connectivity index (χ1) is 9.88. The van der Waals surface area contributed by atoms with Gasteiger partial charge in [0.05, 0.1) is 11.9 Å². The lowest BCUT2D eigenvalue weighted by Gasteiger charge is -2.13. The number of aromatic carboxylic acids is 1. The third-order valence-electron chi connectivity index (χ3n) is 3.00. The van der Waals surface area contributed by atoms with E-state index in [1.165, 1.54) is 6.20 Å². The lowest BCUT2D eigenvalue weighted by molar-refractivity contribution is 0.0691. The standard InChI is InChI=1S/C15H16ClN3O2/c1-8(2)14-17-7-12(13(19-14)15(20)21)18-11-6-10(16)5-4-9(11)3/h4-8,18H,1-3H3,(H,20,21). The Morgan fingerprint density at radius 3 is 2.67 bits per heavy atom. The van der Waals surface area contributed by atoms with Gasteiger partial charge in [-0.25, -0.2) is 14.8 Å². The maximum Gasteiger partial charge on any atom is 0.356 e. The van der Waals surface area contributed by atoms with Gasteiger partial charge < -0.3 is 10.4 Å². The summed E-state index contributed by atoms with van der Waals surface area (Å²) in [6.07, 6.45) is 1.49. The summed E-state index contributed by atoms with van der Waals surface area (Å²) in [5.74, 6) is -0.535. The van der Waals surface area contributed by atoms with Crippen molar-refractivity contribution in [1.29, 1.82) is 0 Å². The Hall–Kier alpha value is -2.14. The SMILES string of the molecule is Cc1ccc(Cl)cc1Nc1cnc(C(C)C)nc1C(=O)O. The predicted molar refractivity (Wildman–Crippen MR) is 82.6 cm³/mol. The first kappa shape index (κ1) is 15.3. The number of halogens is 1. The molecule has 0 amide bonds. The zero-order chi connectivity index (χ0) is 15.6. The van der Waals surface area contributed by atoms with E-state index in [1.807, 2.05) is 26.8 Å². The number of aromatic nitrogens is 2. The molecule has 1 aromatic carbocycles. The third kappa shape index (κ3) is 3.49. The second-order valence-electron chi connectivity index (χ2n) is 5.03. The predicted octanol–water partition coefficient (Wildman–Crippen LogP) is 4.00. The smallest absolute Gasteiger partial charge is 0.356 e. The van der Waals surface area contributed by atoms with Gasteiger partial charge in [-0.15, -0.1) is 0 Å². The largest absolute Gasteiger partial charge is 0.476 e. The molecule has 0 atom stereocenters. The molecule has 0 spiro atoms. The minimum absolute atomic E-state index is 0.0481. The normalized spacial score (nSPS) is 10.7. The zero-order valence-electron chi connectivity index (χ0n) is 12.0. The van der Waals surface area contributed by atoms with E-state index in [0.717, 1.165) is 11.3 Å². The highest BCUT2D eigenvalue weighted by atomic mass is 35.5. The van der Waals surface area contributed by atoms with E-state index in [9.17, 15) is 9.90 Å². The number of rotatable bonds is 4. The van der Waals surface area contributed by atoms with Gasteiger partial charge in [0, 0.05) is 16.6 Å². The summed E-state index contributed by atoms with van der Waals surface area (Å²) in [4.78, 5) is 19.7. The van der Waals surface area contributed by atoms with E-state index in [-0.39, 0.29) is 11.6 Å². The lowest BCUT2D eigenvalue weighted by Crippen LogP contribution is -2.10. The van der Waals surface area contributed by atoms with Crippen molar-refractivity contribution in [3.8, 4) is 0 Å². The number of anilines is 2. The molecule has 0 unspecified atom stereocenters. The molecule has 2 rings (SSSR count). The Morgan fingerprint density at radius 1 is 1.33 bits per heavy atom. The Morgan fingerprint density at radius 2 is 2.05 bits per heavy atom.